The third-order valence-corrected chi connectivity index (χ3v) is 1.08. The van der Waals surface area contributed by atoms with E-state index >= 15 is 0 Å². The number of rotatable bonds is 3. The van der Waals surface area contributed by atoms with Crippen LogP contribution in [0, 0.1) is 0 Å². The van der Waals surface area contributed by atoms with Crippen molar-refractivity contribution < 1.29 is 4.79 Å². The average Bonchev–Trinajstić information content (AvgIpc) is 1.83. The number of nitrogens with one attached hydrogen (secondary N) is 1. The van der Waals surface area contributed by atoms with Crippen LogP contribution in [0.1, 0.15) is 13.3 Å². The molecule has 1 N–H and O–H groups in total. The van der Waals surface area contributed by atoms with Crippen LogP contribution in [0.3, 0.4) is 0 Å². The summed E-state index contributed by atoms with van der Waals surface area (Å²) in [6, 6.07) is 0. The molecule has 0 bridgehead atoms. The van der Waals surface area contributed by atoms with Crippen LogP contribution in [0.15, 0.2) is 11.1 Å². The highest BCUT2D eigenvalue weighted by molar-refractivity contribution is 9.11. The molecule has 0 saturated heterocycles. The van der Waals surface area contributed by atoms with Gasteiger partial charge in [0.1, 0.15) is 0 Å². The van der Waals surface area contributed by atoms with Crippen molar-refractivity contribution in [3.8, 4) is 0 Å². The van der Waals surface area contributed by atoms with Gasteiger partial charge in [0.15, 0.2) is 0 Å². The molecule has 0 aromatic heterocycles. The van der Waals surface area contributed by atoms with Crippen LogP contribution in [-0.2, 0) is 4.79 Å². The predicted octanol–water partition coefficient (Wildman–Crippen LogP) is 1.42. The van der Waals surface area contributed by atoms with Crippen molar-refractivity contribution in [2.75, 3.05) is 6.54 Å². The Morgan fingerprint density at radius 2 is 2.33 bits per heavy atom. The van der Waals surface area contributed by atoms with E-state index in [0.717, 1.165) is 4.48 Å². The molecule has 2 nitrogen and oxygen atoms in total. The quantitative estimate of drug-likeness (QED) is 0.719. The number of halogens is 1. The van der Waals surface area contributed by atoms with Crippen molar-refractivity contribution in [3.63, 3.8) is 0 Å². The summed E-state index contributed by atoms with van der Waals surface area (Å²) >= 11 is 3.12. The van der Waals surface area contributed by atoms with Gasteiger partial charge in [0, 0.05) is 17.4 Å². The van der Waals surface area contributed by atoms with Gasteiger partial charge in [0.2, 0.25) is 5.91 Å². The lowest BCUT2D eigenvalue weighted by Crippen LogP contribution is -2.22. The Balaban J connectivity index is 3.28. The summed E-state index contributed by atoms with van der Waals surface area (Å²) in [5.74, 6) is 0.0515. The topological polar surface area (TPSA) is 29.1 Å². The third kappa shape index (κ3) is 5.56. The van der Waals surface area contributed by atoms with Crippen LogP contribution in [0.4, 0.5) is 0 Å². The van der Waals surface area contributed by atoms with Gasteiger partial charge in [-0.2, -0.15) is 0 Å². The number of hydrogen-bond acceptors (Lipinski definition) is 1. The van der Waals surface area contributed by atoms with Crippen molar-refractivity contribution >= 4 is 21.8 Å². The Kier molecular flexibility index (Phi) is 4.40. The van der Waals surface area contributed by atoms with Gasteiger partial charge in [-0.25, -0.2) is 0 Å². The molecular weight excluding hydrogens is 182 g/mol. The number of hydrogen-bond donors (Lipinski definition) is 1. The molecule has 0 rings (SSSR count). The molecule has 9 heavy (non-hydrogen) atoms. The lowest BCUT2D eigenvalue weighted by atomic mass is 10.4. The zero-order valence-corrected chi connectivity index (χ0v) is 6.99. The van der Waals surface area contributed by atoms with Crippen LogP contribution < -0.4 is 5.32 Å². The second-order valence-corrected chi connectivity index (χ2v) is 2.77. The van der Waals surface area contributed by atoms with E-state index < -0.39 is 0 Å². The second-order valence-electron chi connectivity index (χ2n) is 1.65. The van der Waals surface area contributed by atoms with Crippen molar-refractivity contribution in [2.45, 2.75) is 13.3 Å². The van der Waals surface area contributed by atoms with Crippen molar-refractivity contribution in [2.24, 2.45) is 0 Å². The van der Waals surface area contributed by atoms with E-state index in [0.29, 0.717) is 13.0 Å². The highest BCUT2D eigenvalue weighted by Gasteiger charge is 1.93. The molecule has 0 aliphatic rings. The molecule has 3 heteroatoms. The smallest absolute Gasteiger partial charge is 0.219 e. The van der Waals surface area contributed by atoms with Crippen molar-refractivity contribution in [1.82, 2.24) is 5.32 Å². The van der Waals surface area contributed by atoms with E-state index in [-0.39, 0.29) is 5.91 Å². The molecule has 0 radical (unpaired) electrons. The third-order valence-electron chi connectivity index (χ3n) is 0.798. The molecule has 0 aliphatic carbocycles. The summed E-state index contributed by atoms with van der Waals surface area (Å²) in [4.78, 5) is 10.5. The standard InChI is InChI=1S/C6H10BrNO/c1-3-6(9)8-4-5(2)7/h2-4H2,1H3,(H,8,9). The molecular formula is C6H10BrNO. The van der Waals surface area contributed by atoms with Gasteiger partial charge in [0.25, 0.3) is 0 Å². The van der Waals surface area contributed by atoms with Gasteiger partial charge < -0.3 is 5.32 Å². The summed E-state index contributed by atoms with van der Waals surface area (Å²) in [6.07, 6.45) is 0.528. The molecule has 52 valence electrons. The average molecular weight is 192 g/mol. The lowest BCUT2D eigenvalue weighted by Gasteiger charge is -1.98. The SMILES string of the molecule is C=C(Br)CNC(=O)CC. The fourth-order valence-corrected chi connectivity index (χ4v) is 0.460. The first-order valence-corrected chi connectivity index (χ1v) is 3.56. The summed E-state index contributed by atoms with van der Waals surface area (Å²) in [7, 11) is 0. The second kappa shape index (κ2) is 4.56. The molecule has 0 unspecified atom stereocenters. The van der Waals surface area contributed by atoms with Crippen LogP contribution >= 0.6 is 15.9 Å². The van der Waals surface area contributed by atoms with E-state index in [1.54, 1.807) is 0 Å². The first kappa shape index (κ1) is 8.69. The molecule has 0 aromatic rings. The van der Waals surface area contributed by atoms with Gasteiger partial charge in [-0.1, -0.05) is 29.4 Å². The minimum Gasteiger partial charge on any atom is -0.352 e. The maximum Gasteiger partial charge on any atom is 0.219 e. The van der Waals surface area contributed by atoms with Gasteiger partial charge in [-0.15, -0.1) is 0 Å². The Hall–Kier alpha value is -0.310. The Morgan fingerprint density at radius 3 is 2.67 bits per heavy atom. The van der Waals surface area contributed by atoms with Gasteiger partial charge in [0.05, 0.1) is 0 Å². The largest absolute Gasteiger partial charge is 0.352 e. The van der Waals surface area contributed by atoms with Crippen LogP contribution in [0.25, 0.3) is 0 Å². The van der Waals surface area contributed by atoms with Crippen molar-refractivity contribution in [3.05, 3.63) is 11.1 Å². The molecule has 0 fully saturated rings. The summed E-state index contributed by atoms with van der Waals surface area (Å²) in [6.45, 7) is 5.90. The highest BCUT2D eigenvalue weighted by atomic mass is 79.9. The van der Waals surface area contributed by atoms with Gasteiger partial charge >= 0.3 is 0 Å². The van der Waals surface area contributed by atoms with Crippen LogP contribution in [0.2, 0.25) is 0 Å². The molecule has 0 atom stereocenters. The lowest BCUT2D eigenvalue weighted by molar-refractivity contribution is -0.120. The first-order chi connectivity index (χ1) is 4.16. The van der Waals surface area contributed by atoms with Crippen molar-refractivity contribution in [1.29, 1.82) is 0 Å². The van der Waals surface area contributed by atoms with Crippen LogP contribution in [0.5, 0.6) is 0 Å². The molecule has 0 saturated carbocycles. The van der Waals surface area contributed by atoms with E-state index in [1.807, 2.05) is 6.92 Å². The van der Waals surface area contributed by atoms with Gasteiger partial charge in [-0.3, -0.25) is 4.79 Å². The first-order valence-electron chi connectivity index (χ1n) is 2.76. The molecule has 0 heterocycles. The summed E-state index contributed by atoms with van der Waals surface area (Å²) in [5.41, 5.74) is 0. The Labute approximate surface area is 63.5 Å². The normalized spacial score (nSPS) is 8.67. The zero-order valence-electron chi connectivity index (χ0n) is 5.41. The zero-order chi connectivity index (χ0) is 7.28. The minimum atomic E-state index is 0.0515. The Morgan fingerprint density at radius 1 is 1.78 bits per heavy atom. The summed E-state index contributed by atoms with van der Waals surface area (Å²) in [5, 5.41) is 2.65. The molecule has 0 aromatic carbocycles. The van der Waals surface area contributed by atoms with E-state index in [2.05, 4.69) is 27.8 Å². The molecule has 0 spiro atoms. The molecule has 1 amide bonds. The van der Waals surface area contributed by atoms with Gasteiger partial charge in [-0.05, 0) is 0 Å². The fraction of sp³-hybridized carbons (Fsp3) is 0.500. The van der Waals surface area contributed by atoms with E-state index in [4.69, 9.17) is 0 Å². The fourth-order valence-electron chi connectivity index (χ4n) is 0.319. The predicted molar refractivity (Wildman–Crippen MR) is 41.4 cm³/mol. The van der Waals surface area contributed by atoms with Crippen LogP contribution in [-0.4, -0.2) is 12.5 Å². The summed E-state index contributed by atoms with van der Waals surface area (Å²) < 4.78 is 0.796. The minimum absolute atomic E-state index is 0.0515. The Bertz CT molecular complexity index is 122. The van der Waals surface area contributed by atoms with E-state index in [9.17, 15) is 4.79 Å². The molecule has 0 aliphatic heterocycles. The number of carbonyl (C=O) groups is 1. The highest BCUT2D eigenvalue weighted by Crippen LogP contribution is 1.96. The number of amides is 1. The maximum atomic E-state index is 10.5. The van der Waals surface area contributed by atoms with E-state index in [1.165, 1.54) is 0 Å². The monoisotopic (exact) mass is 191 g/mol. The maximum absolute atomic E-state index is 10.5. The number of carbonyl (C=O) groups excluding carboxylic acids is 1.